The van der Waals surface area contributed by atoms with Crippen molar-refractivity contribution in [3.63, 3.8) is 0 Å². The van der Waals surface area contributed by atoms with Crippen molar-refractivity contribution < 1.29 is 12.8 Å². The highest BCUT2D eigenvalue weighted by atomic mass is 32.2. The maximum Gasteiger partial charge on any atom is 0.241 e. The van der Waals surface area contributed by atoms with E-state index in [2.05, 4.69) is 19.9 Å². The molecule has 0 bridgehead atoms. The molecular weight excluding hydrogens is 317 g/mol. The summed E-state index contributed by atoms with van der Waals surface area (Å²) >= 11 is 4.71. The van der Waals surface area contributed by atoms with E-state index >= 15 is 0 Å². The average molecular weight is 329 g/mol. The van der Waals surface area contributed by atoms with Crippen molar-refractivity contribution >= 4 is 27.2 Å². The van der Waals surface area contributed by atoms with Crippen molar-refractivity contribution in [3.8, 4) is 0 Å². The van der Waals surface area contributed by atoms with Gasteiger partial charge in [0.2, 0.25) is 10.0 Å². The molecule has 0 unspecified atom stereocenters. The van der Waals surface area contributed by atoms with Gasteiger partial charge in [0.15, 0.2) is 0 Å². The molecule has 0 spiro atoms. The minimum absolute atomic E-state index is 0.0742. The van der Waals surface area contributed by atoms with E-state index in [1.165, 1.54) is 18.5 Å². The van der Waals surface area contributed by atoms with Crippen molar-refractivity contribution in [2.75, 3.05) is 6.54 Å². The van der Waals surface area contributed by atoms with Crippen molar-refractivity contribution in [2.45, 2.75) is 11.3 Å². The van der Waals surface area contributed by atoms with Gasteiger partial charge in [0.25, 0.3) is 0 Å². The van der Waals surface area contributed by atoms with Gasteiger partial charge in [0.1, 0.15) is 23.0 Å². The van der Waals surface area contributed by atoms with Gasteiger partial charge in [-0.05, 0) is 12.1 Å². The number of nitrogens with zero attached hydrogens (tertiary/aromatic N) is 2. The second kappa shape index (κ2) is 6.24. The molecule has 0 fully saturated rings. The molecule has 1 aromatic heterocycles. The second-order valence-electron chi connectivity index (χ2n) is 4.06. The summed E-state index contributed by atoms with van der Waals surface area (Å²) in [6.45, 7) is 0.0742. The Labute approximate surface area is 125 Å². The Balaban J connectivity index is 2.20. The van der Waals surface area contributed by atoms with Crippen LogP contribution >= 0.6 is 12.2 Å². The first-order valence-electron chi connectivity index (χ1n) is 5.84. The number of aromatic amines is 1. The Morgan fingerprint density at radius 3 is 2.86 bits per heavy atom. The first-order valence-corrected chi connectivity index (χ1v) is 7.73. The molecule has 21 heavy (non-hydrogen) atoms. The number of halogens is 1. The van der Waals surface area contributed by atoms with E-state index in [1.807, 2.05) is 0 Å². The number of H-pyrrole nitrogens is 1. The summed E-state index contributed by atoms with van der Waals surface area (Å²) in [6.07, 6.45) is 1.64. The summed E-state index contributed by atoms with van der Waals surface area (Å²) < 4.78 is 40.4. The van der Waals surface area contributed by atoms with Crippen LogP contribution in [0.1, 0.15) is 11.4 Å². The standard InChI is InChI=1S/C11H12FN5O2S2/c12-7-2-1-3-8(10(7)11(13)20)21(18,19)16-5-4-9-14-6-15-17-9/h1-3,6,16H,4-5H2,(H2,13,20)(H,14,15,17). The fraction of sp³-hybridized carbons (Fsp3) is 0.182. The molecule has 2 aromatic rings. The van der Waals surface area contributed by atoms with Gasteiger partial charge >= 0.3 is 0 Å². The number of thiocarbonyl (C=S) groups is 1. The SMILES string of the molecule is NC(=S)c1c(F)cccc1S(=O)(=O)NCCc1ncn[nH]1. The molecule has 1 aromatic carbocycles. The predicted molar refractivity (Wildman–Crippen MR) is 77.6 cm³/mol. The van der Waals surface area contributed by atoms with Gasteiger partial charge in [-0.1, -0.05) is 18.3 Å². The van der Waals surface area contributed by atoms with Crippen LogP contribution in [0.5, 0.6) is 0 Å². The molecule has 0 saturated carbocycles. The number of nitrogens with one attached hydrogen (secondary N) is 2. The summed E-state index contributed by atoms with van der Waals surface area (Å²) in [5, 5.41) is 6.25. The number of nitrogens with two attached hydrogens (primary N) is 1. The molecule has 0 saturated heterocycles. The lowest BCUT2D eigenvalue weighted by Gasteiger charge is -2.11. The van der Waals surface area contributed by atoms with Crippen molar-refractivity contribution in [2.24, 2.45) is 5.73 Å². The lowest BCUT2D eigenvalue weighted by atomic mass is 10.2. The van der Waals surface area contributed by atoms with Crippen molar-refractivity contribution in [1.82, 2.24) is 19.9 Å². The van der Waals surface area contributed by atoms with Gasteiger partial charge < -0.3 is 5.73 Å². The average Bonchev–Trinajstić information content (AvgIpc) is 2.91. The molecule has 7 nitrogen and oxygen atoms in total. The zero-order valence-corrected chi connectivity index (χ0v) is 12.3. The molecule has 1 heterocycles. The summed E-state index contributed by atoms with van der Waals surface area (Å²) in [5.74, 6) is -0.243. The molecule has 2 rings (SSSR count). The summed E-state index contributed by atoms with van der Waals surface area (Å²) in [6, 6.07) is 3.62. The third-order valence-corrected chi connectivity index (χ3v) is 4.34. The maximum absolute atomic E-state index is 13.7. The van der Waals surface area contributed by atoms with E-state index in [9.17, 15) is 12.8 Å². The molecule has 0 atom stereocenters. The number of hydrogen-bond donors (Lipinski definition) is 3. The molecule has 0 aliphatic carbocycles. The summed E-state index contributed by atoms with van der Waals surface area (Å²) in [4.78, 5) is 3.27. The monoisotopic (exact) mass is 329 g/mol. The van der Waals surface area contributed by atoms with Gasteiger partial charge in [-0.3, -0.25) is 5.10 Å². The molecule has 4 N–H and O–H groups in total. The fourth-order valence-corrected chi connectivity index (χ4v) is 3.23. The molecular formula is C11H12FN5O2S2. The van der Waals surface area contributed by atoms with Crippen LogP contribution in [0.3, 0.4) is 0 Å². The fourth-order valence-electron chi connectivity index (χ4n) is 1.70. The van der Waals surface area contributed by atoms with Gasteiger partial charge in [0.05, 0.1) is 10.5 Å². The second-order valence-corrected chi connectivity index (χ2v) is 6.23. The van der Waals surface area contributed by atoms with Crippen LogP contribution in [0.15, 0.2) is 29.4 Å². The third kappa shape index (κ3) is 3.60. The van der Waals surface area contributed by atoms with E-state index in [1.54, 1.807) is 0 Å². The van der Waals surface area contributed by atoms with E-state index in [-0.39, 0.29) is 22.0 Å². The number of aromatic nitrogens is 3. The normalized spacial score (nSPS) is 11.5. The van der Waals surface area contributed by atoms with Crippen LogP contribution in [0.2, 0.25) is 0 Å². The molecule has 10 heteroatoms. The quantitative estimate of drug-likeness (QED) is 0.648. The van der Waals surface area contributed by atoms with Crippen LogP contribution in [-0.2, 0) is 16.4 Å². The van der Waals surface area contributed by atoms with E-state index in [0.29, 0.717) is 12.2 Å². The molecule has 0 aliphatic rings. The van der Waals surface area contributed by atoms with E-state index in [4.69, 9.17) is 18.0 Å². The minimum atomic E-state index is -3.93. The summed E-state index contributed by atoms with van der Waals surface area (Å²) in [5.41, 5.74) is 5.10. The minimum Gasteiger partial charge on any atom is -0.389 e. The van der Waals surface area contributed by atoms with Gasteiger partial charge in [-0.15, -0.1) is 0 Å². The van der Waals surface area contributed by atoms with Crippen molar-refractivity contribution in [3.05, 3.63) is 41.7 Å². The highest BCUT2D eigenvalue weighted by Crippen LogP contribution is 2.18. The van der Waals surface area contributed by atoms with Gasteiger partial charge in [-0.25, -0.2) is 22.5 Å². The van der Waals surface area contributed by atoms with Crippen LogP contribution in [0.25, 0.3) is 0 Å². The van der Waals surface area contributed by atoms with E-state index < -0.39 is 15.8 Å². The topological polar surface area (TPSA) is 114 Å². The third-order valence-electron chi connectivity index (χ3n) is 2.63. The molecule has 0 aliphatic heterocycles. The summed E-state index contributed by atoms with van der Waals surface area (Å²) in [7, 11) is -3.93. The highest BCUT2D eigenvalue weighted by molar-refractivity contribution is 7.89. The Hall–Kier alpha value is -1.91. The predicted octanol–water partition coefficient (Wildman–Crippen LogP) is 0.0990. The molecule has 112 valence electrons. The Kier molecular flexibility index (Phi) is 4.60. The van der Waals surface area contributed by atoms with Crippen LogP contribution in [-0.4, -0.2) is 35.1 Å². The zero-order valence-electron chi connectivity index (χ0n) is 10.7. The van der Waals surface area contributed by atoms with Gasteiger partial charge in [-0.2, -0.15) is 5.10 Å². The first-order chi connectivity index (χ1) is 9.92. The molecule has 0 radical (unpaired) electrons. The Morgan fingerprint density at radius 2 is 2.24 bits per heavy atom. The number of sulfonamides is 1. The van der Waals surface area contributed by atoms with Gasteiger partial charge in [0, 0.05) is 13.0 Å². The molecule has 0 amide bonds. The Morgan fingerprint density at radius 1 is 1.48 bits per heavy atom. The largest absolute Gasteiger partial charge is 0.389 e. The zero-order chi connectivity index (χ0) is 15.5. The first kappa shape index (κ1) is 15.5. The number of hydrogen-bond acceptors (Lipinski definition) is 5. The van der Waals surface area contributed by atoms with E-state index in [0.717, 1.165) is 6.07 Å². The maximum atomic E-state index is 13.7. The van der Waals surface area contributed by atoms with Crippen LogP contribution in [0, 0.1) is 5.82 Å². The highest BCUT2D eigenvalue weighted by Gasteiger charge is 2.22. The Bertz CT molecular complexity index is 746. The number of rotatable bonds is 6. The lowest BCUT2D eigenvalue weighted by molar-refractivity contribution is 0.576. The lowest BCUT2D eigenvalue weighted by Crippen LogP contribution is -2.29. The number of benzene rings is 1. The van der Waals surface area contributed by atoms with Crippen molar-refractivity contribution in [1.29, 1.82) is 0 Å². The van der Waals surface area contributed by atoms with Crippen LogP contribution < -0.4 is 10.5 Å². The van der Waals surface area contributed by atoms with Crippen LogP contribution in [0.4, 0.5) is 4.39 Å². The smallest absolute Gasteiger partial charge is 0.241 e.